The maximum absolute atomic E-state index is 6.27. The summed E-state index contributed by atoms with van der Waals surface area (Å²) in [5, 5.41) is 8.74. The van der Waals surface area contributed by atoms with E-state index in [1.807, 2.05) is 24.3 Å². The maximum Gasteiger partial charge on any atom is 0.240 e. The zero-order valence-electron chi connectivity index (χ0n) is 40.7. The highest BCUT2D eigenvalue weighted by Gasteiger charge is 2.24. The van der Waals surface area contributed by atoms with Crippen LogP contribution in [0.5, 0.6) is 0 Å². The van der Waals surface area contributed by atoms with Gasteiger partial charge in [0.15, 0.2) is 5.82 Å². The molecule has 0 amide bonds. The van der Waals surface area contributed by atoms with Gasteiger partial charge in [0.25, 0.3) is 0 Å². The van der Waals surface area contributed by atoms with Crippen molar-refractivity contribution in [3.05, 3.63) is 249 Å². The van der Waals surface area contributed by atoms with Gasteiger partial charge < -0.3 is 8.83 Å². The third kappa shape index (κ3) is 6.59. The summed E-state index contributed by atoms with van der Waals surface area (Å²) in [4.78, 5) is 16.9. The number of aromatic nitrogens is 5. The molecule has 0 bridgehead atoms. The van der Waals surface area contributed by atoms with Crippen molar-refractivity contribution in [1.82, 2.24) is 24.1 Å². The molecule has 354 valence electrons. The van der Waals surface area contributed by atoms with Gasteiger partial charge in [-0.3, -0.25) is 9.13 Å². The predicted molar refractivity (Wildman–Crippen MR) is 310 cm³/mol. The molecule has 0 aliphatic heterocycles. The number of hydrogen-bond donors (Lipinski definition) is 0. The first kappa shape index (κ1) is 42.2. The van der Waals surface area contributed by atoms with E-state index < -0.39 is 0 Å². The normalized spacial score (nSPS) is 11.9. The summed E-state index contributed by atoms with van der Waals surface area (Å²) in [6, 6.07) is 87.6. The molecule has 0 radical (unpaired) electrons. The molecular formula is C69H41N5O2. The molecule has 0 saturated heterocycles. The molecule has 0 fully saturated rings. The number of rotatable bonds is 7. The van der Waals surface area contributed by atoms with E-state index in [4.69, 9.17) is 23.8 Å². The standard InChI is InChI=1S/C69H41N5O2/c1-3-15-42(16-4-1)44-27-32-49(43-17-5-2-6-18-43)58(39-44)67-70-68(73-59-23-11-7-19-50(59)52-33-28-47(40-61(52)73)45-30-35-65-56(37-45)54-21-9-13-25-63(54)75-65)72-69(71-67)74-60-24-12-8-20-51(60)53-34-29-48(41-62(53)74)46-31-36-66-57(38-46)55-22-10-14-26-64(55)76-66/h1-41H. The van der Waals surface area contributed by atoms with Crippen LogP contribution in [0, 0.1) is 0 Å². The third-order valence-corrected chi connectivity index (χ3v) is 15.2. The molecular weight excluding hydrogens is 931 g/mol. The van der Waals surface area contributed by atoms with Crippen LogP contribution in [0.1, 0.15) is 0 Å². The van der Waals surface area contributed by atoms with Gasteiger partial charge in [-0.05, 0) is 111 Å². The van der Waals surface area contributed by atoms with Gasteiger partial charge in [0, 0.05) is 48.7 Å². The Kier molecular flexibility index (Phi) is 9.20. The van der Waals surface area contributed by atoms with Crippen LogP contribution in [0.3, 0.4) is 0 Å². The number of hydrogen-bond acceptors (Lipinski definition) is 5. The lowest BCUT2D eigenvalue weighted by molar-refractivity contribution is 0.668. The molecule has 5 heterocycles. The molecule has 76 heavy (non-hydrogen) atoms. The SMILES string of the molecule is c1ccc(-c2ccc(-c3ccccc3)c(-c3nc(-n4c5ccccc5c5ccc(-c6ccc7oc8ccccc8c7c6)cc54)nc(-n4c5ccccc5c5ccc(-c6ccc7oc8ccccc8c7c6)cc54)n3)c2)cc1. The monoisotopic (exact) mass is 971 g/mol. The van der Waals surface area contributed by atoms with Crippen LogP contribution >= 0.6 is 0 Å². The largest absolute Gasteiger partial charge is 0.456 e. The summed E-state index contributed by atoms with van der Waals surface area (Å²) < 4.78 is 17.0. The Hall–Kier alpha value is -10.4. The number of fused-ring (bicyclic) bond motifs is 12. The quantitative estimate of drug-likeness (QED) is 0.159. The first-order chi connectivity index (χ1) is 37.6. The molecule has 11 aromatic carbocycles. The van der Waals surface area contributed by atoms with Crippen LogP contribution in [-0.4, -0.2) is 24.1 Å². The van der Waals surface area contributed by atoms with E-state index in [-0.39, 0.29) is 0 Å². The Morgan fingerprint density at radius 2 is 0.632 bits per heavy atom. The average Bonchev–Trinajstić information content (AvgIpc) is 4.27. The van der Waals surface area contributed by atoms with Crippen molar-refractivity contribution >= 4 is 87.5 Å². The maximum atomic E-state index is 6.27. The van der Waals surface area contributed by atoms with Crippen LogP contribution in [0.2, 0.25) is 0 Å². The minimum Gasteiger partial charge on any atom is -0.456 e. The summed E-state index contributed by atoms with van der Waals surface area (Å²) in [5.41, 5.74) is 16.8. The molecule has 0 saturated carbocycles. The van der Waals surface area contributed by atoms with Crippen molar-refractivity contribution in [2.45, 2.75) is 0 Å². The molecule has 0 aliphatic rings. The molecule has 7 heteroatoms. The van der Waals surface area contributed by atoms with Gasteiger partial charge in [0.1, 0.15) is 22.3 Å². The van der Waals surface area contributed by atoms with Crippen molar-refractivity contribution in [3.63, 3.8) is 0 Å². The van der Waals surface area contributed by atoms with Crippen LogP contribution in [0.4, 0.5) is 0 Å². The van der Waals surface area contributed by atoms with Crippen molar-refractivity contribution in [3.8, 4) is 67.8 Å². The molecule has 0 aliphatic carbocycles. The molecule has 0 spiro atoms. The van der Waals surface area contributed by atoms with Crippen LogP contribution in [0.15, 0.2) is 258 Å². The van der Waals surface area contributed by atoms with E-state index in [2.05, 4.69) is 234 Å². The van der Waals surface area contributed by atoms with Crippen LogP contribution in [0.25, 0.3) is 155 Å². The molecule has 16 aromatic rings. The van der Waals surface area contributed by atoms with Gasteiger partial charge in [0.05, 0.1) is 22.1 Å². The molecule has 16 rings (SSSR count). The highest BCUT2D eigenvalue weighted by molar-refractivity contribution is 6.13. The lowest BCUT2D eigenvalue weighted by atomic mass is 9.94. The van der Waals surface area contributed by atoms with Gasteiger partial charge in [-0.25, -0.2) is 0 Å². The van der Waals surface area contributed by atoms with E-state index in [0.29, 0.717) is 17.7 Å². The number of benzene rings is 11. The second kappa shape index (κ2) is 16.6. The highest BCUT2D eigenvalue weighted by atomic mass is 16.3. The van der Waals surface area contributed by atoms with E-state index >= 15 is 0 Å². The van der Waals surface area contributed by atoms with E-state index in [1.165, 1.54) is 0 Å². The lowest BCUT2D eigenvalue weighted by Gasteiger charge is -2.16. The lowest BCUT2D eigenvalue weighted by Crippen LogP contribution is -2.10. The van der Waals surface area contributed by atoms with E-state index in [0.717, 1.165) is 138 Å². The molecule has 0 N–H and O–H groups in total. The Labute approximate surface area is 434 Å². The predicted octanol–water partition coefficient (Wildman–Crippen LogP) is 18.2. The fraction of sp³-hybridized carbons (Fsp3) is 0. The summed E-state index contributed by atoms with van der Waals surface area (Å²) in [7, 11) is 0. The third-order valence-electron chi connectivity index (χ3n) is 15.2. The highest BCUT2D eigenvalue weighted by Crippen LogP contribution is 2.41. The molecule has 7 nitrogen and oxygen atoms in total. The Morgan fingerprint density at radius 1 is 0.237 bits per heavy atom. The van der Waals surface area contributed by atoms with Crippen molar-refractivity contribution in [1.29, 1.82) is 0 Å². The minimum absolute atomic E-state index is 0.503. The summed E-state index contributed by atoms with van der Waals surface area (Å²) in [6.45, 7) is 0. The first-order valence-corrected chi connectivity index (χ1v) is 25.6. The zero-order chi connectivity index (χ0) is 49.8. The zero-order valence-corrected chi connectivity index (χ0v) is 40.7. The van der Waals surface area contributed by atoms with Gasteiger partial charge in [-0.1, -0.05) is 182 Å². The number of furan rings is 2. The molecule has 5 aromatic heterocycles. The second-order valence-corrected chi connectivity index (χ2v) is 19.5. The number of para-hydroxylation sites is 4. The van der Waals surface area contributed by atoms with Gasteiger partial charge in [-0.2, -0.15) is 15.0 Å². The minimum atomic E-state index is 0.503. The fourth-order valence-corrected chi connectivity index (χ4v) is 11.6. The Morgan fingerprint density at radius 3 is 1.17 bits per heavy atom. The molecule has 0 unspecified atom stereocenters. The van der Waals surface area contributed by atoms with E-state index in [9.17, 15) is 0 Å². The fourth-order valence-electron chi connectivity index (χ4n) is 11.6. The van der Waals surface area contributed by atoms with Crippen LogP contribution < -0.4 is 0 Å². The van der Waals surface area contributed by atoms with Gasteiger partial charge in [-0.15, -0.1) is 0 Å². The average molecular weight is 972 g/mol. The smallest absolute Gasteiger partial charge is 0.240 e. The van der Waals surface area contributed by atoms with Gasteiger partial charge >= 0.3 is 0 Å². The summed E-state index contributed by atoms with van der Waals surface area (Å²) in [5.74, 6) is 1.56. The first-order valence-electron chi connectivity index (χ1n) is 25.6. The Bertz CT molecular complexity index is 4750. The van der Waals surface area contributed by atoms with Crippen LogP contribution in [-0.2, 0) is 0 Å². The van der Waals surface area contributed by atoms with Crippen molar-refractivity contribution in [2.24, 2.45) is 0 Å². The summed E-state index contributed by atoms with van der Waals surface area (Å²) in [6.07, 6.45) is 0. The second-order valence-electron chi connectivity index (χ2n) is 19.5. The topological polar surface area (TPSA) is 74.8 Å². The van der Waals surface area contributed by atoms with E-state index in [1.54, 1.807) is 0 Å². The summed E-state index contributed by atoms with van der Waals surface area (Å²) >= 11 is 0. The molecule has 0 atom stereocenters. The van der Waals surface area contributed by atoms with Crippen molar-refractivity contribution < 1.29 is 8.83 Å². The Balaban J connectivity index is 0.977. The van der Waals surface area contributed by atoms with Gasteiger partial charge in [0.2, 0.25) is 11.9 Å². The van der Waals surface area contributed by atoms with Crippen molar-refractivity contribution in [2.75, 3.05) is 0 Å². The number of nitrogens with zero attached hydrogens (tertiary/aromatic N) is 5.